The molecule has 0 aliphatic carbocycles. The summed E-state index contributed by atoms with van der Waals surface area (Å²) in [5.41, 5.74) is 18.5. The molecule has 0 fully saturated rings. The van der Waals surface area contributed by atoms with Gasteiger partial charge >= 0.3 is 0 Å². The van der Waals surface area contributed by atoms with Gasteiger partial charge in [0, 0.05) is 129 Å². The zero-order chi connectivity index (χ0) is 83.8. The number of pyridine rings is 1. The molecule has 20 aromatic carbocycles. The summed E-state index contributed by atoms with van der Waals surface area (Å²) >= 11 is 5.67. The molecule has 0 bridgehead atoms. The van der Waals surface area contributed by atoms with E-state index in [2.05, 4.69) is 417 Å². The maximum absolute atomic E-state index is 7.75. The molecule has 125 heavy (non-hydrogen) atoms. The third-order valence-electron chi connectivity index (χ3n) is 24.7. The second-order valence-electron chi connectivity index (χ2n) is 33.0. The normalized spacial score (nSPS) is 11.7. The van der Waals surface area contributed by atoms with E-state index in [0.29, 0.717) is 5.69 Å². The molecular weight excluding hydrogens is 1570 g/mol. The highest BCUT2D eigenvalue weighted by Gasteiger charge is 2.24. The number of methoxy groups -OCH3 is 1. The first-order chi connectivity index (χ1) is 61.5. The Labute approximate surface area is 736 Å². The van der Waals surface area contributed by atoms with Crippen LogP contribution >= 0.6 is 34.0 Å². The van der Waals surface area contributed by atoms with Gasteiger partial charge in [0.25, 0.3) is 0 Å². The summed E-state index contributed by atoms with van der Waals surface area (Å²) in [4.78, 5) is 12.8. The smallest absolute Gasteiger partial charge is 0.187 e. The van der Waals surface area contributed by atoms with Crippen LogP contribution in [0.2, 0.25) is 0 Å². The van der Waals surface area contributed by atoms with E-state index >= 15 is 0 Å². The lowest BCUT2D eigenvalue weighted by Gasteiger charge is -2.25. The molecule has 0 unspecified atom stereocenters. The van der Waals surface area contributed by atoms with E-state index in [1.807, 2.05) is 70.7 Å². The van der Waals surface area contributed by atoms with Crippen LogP contribution in [0.4, 0.5) is 39.8 Å². The van der Waals surface area contributed by atoms with E-state index in [9.17, 15) is 0 Å². The van der Waals surface area contributed by atoms with Crippen LogP contribution in [0.3, 0.4) is 0 Å². The number of rotatable bonds is 11. The molecule has 0 saturated carbocycles. The number of fused-ring (bicyclic) bond motifs is 23. The van der Waals surface area contributed by atoms with Crippen molar-refractivity contribution in [3.05, 3.63) is 430 Å². The maximum Gasteiger partial charge on any atom is 0.187 e. The Morgan fingerprint density at radius 3 is 1.24 bits per heavy atom. The molecule has 0 saturated heterocycles. The largest absolute Gasteiger partial charge is 0.497 e. The number of hydrogen-bond donors (Lipinski definition) is 0. The van der Waals surface area contributed by atoms with Crippen LogP contribution in [0.1, 0.15) is 26.3 Å². The van der Waals surface area contributed by atoms with E-state index in [1.165, 1.54) is 164 Å². The molecular formula is C117H80N4OS3. The van der Waals surface area contributed by atoms with Gasteiger partial charge in [-0.2, -0.15) is 0 Å². The molecule has 24 aromatic rings. The number of nitrogens with zero attached hydrogens (tertiary/aromatic N) is 4. The third kappa shape index (κ3) is 13.7. The van der Waals surface area contributed by atoms with Gasteiger partial charge in [0.1, 0.15) is 5.75 Å². The lowest BCUT2D eigenvalue weighted by Crippen LogP contribution is -2.10. The summed E-state index contributed by atoms with van der Waals surface area (Å²) in [5.74, 6) is 0.865. The predicted octanol–water partition coefficient (Wildman–Crippen LogP) is 35.1. The molecule has 0 aliphatic rings. The monoisotopic (exact) mass is 1650 g/mol. The fraction of sp³-hybridized carbons (Fsp3) is 0.0427. The zero-order valence-electron chi connectivity index (χ0n) is 69.2. The van der Waals surface area contributed by atoms with Crippen molar-refractivity contribution in [2.45, 2.75) is 26.2 Å². The summed E-state index contributed by atoms with van der Waals surface area (Å²) in [7, 11) is 1.71. The van der Waals surface area contributed by atoms with Gasteiger partial charge < -0.3 is 14.5 Å². The number of para-hydroxylation sites is 4. The van der Waals surface area contributed by atoms with Gasteiger partial charge in [0.2, 0.25) is 0 Å². The minimum atomic E-state index is 0.0763. The van der Waals surface area contributed by atoms with Crippen molar-refractivity contribution in [1.82, 2.24) is 4.98 Å². The first kappa shape index (κ1) is 76.1. The summed E-state index contributed by atoms with van der Waals surface area (Å²) in [6.45, 7) is 14.6. The van der Waals surface area contributed by atoms with Crippen LogP contribution in [0.5, 0.6) is 5.75 Å². The zero-order valence-corrected chi connectivity index (χ0v) is 71.6. The molecule has 0 spiro atoms. The summed E-state index contributed by atoms with van der Waals surface area (Å²) in [6, 6.07) is 144. The maximum atomic E-state index is 7.75. The average Bonchev–Trinajstić information content (AvgIpc) is 1.26. The van der Waals surface area contributed by atoms with Gasteiger partial charge in [0.05, 0.1) is 13.7 Å². The summed E-state index contributed by atoms with van der Waals surface area (Å²) in [6.07, 6.45) is 3.79. The van der Waals surface area contributed by atoms with Gasteiger partial charge in [-0.05, 0) is 237 Å². The van der Waals surface area contributed by atoms with Crippen molar-refractivity contribution in [3.8, 4) is 50.3 Å². The minimum absolute atomic E-state index is 0.0763. The number of anilines is 6. The van der Waals surface area contributed by atoms with Gasteiger partial charge in [-0.1, -0.05) is 294 Å². The van der Waals surface area contributed by atoms with E-state index in [0.717, 1.165) is 61.8 Å². The van der Waals surface area contributed by atoms with E-state index < -0.39 is 0 Å². The van der Waals surface area contributed by atoms with Gasteiger partial charge in [0.15, 0.2) is 5.69 Å². The van der Waals surface area contributed by atoms with Crippen LogP contribution in [0.15, 0.2) is 413 Å². The standard InChI is InChI=1S/C43H26N2S.C42H33NS.C32H21NOS/c1-44-31-20-16-30-26-39(29-17-21-34(22-18-29)45(32-11-4-2-5-12-32)33-13-6-3-7-14-33)36-24-25-38-37-23-19-28-10-8-9-15-35(28)42(37)46-43(38)41(36)40(30)27-31;1-42(2,3)30-20-23-34-29(26-30)27-38(36-24-25-37-35-16-10-11-17-39(35)44-41(37)40(34)36)28-18-21-33(22-19-28)43(31-12-6-4-7-13-31)32-14-8-5-9-15-32;1-34-23-13-11-20(12-14-23)28-18-21-6-4-9-24(22-7-5-17-33-19-22)30(21)31-26(28)15-16-27-25-8-2-3-10-29(25)35-32(27)31/h2-27H;4-27H,1-3H3;2-19H,1H3. The van der Waals surface area contributed by atoms with Crippen molar-refractivity contribution in [2.24, 2.45) is 0 Å². The molecule has 4 aromatic heterocycles. The van der Waals surface area contributed by atoms with Crippen LogP contribution in [-0.2, 0) is 5.41 Å². The van der Waals surface area contributed by atoms with E-state index in [-0.39, 0.29) is 5.41 Å². The van der Waals surface area contributed by atoms with Crippen molar-refractivity contribution >= 4 is 210 Å². The fourth-order valence-electron chi connectivity index (χ4n) is 18.6. The topological polar surface area (TPSA) is 33.0 Å². The van der Waals surface area contributed by atoms with E-state index in [1.54, 1.807) is 7.11 Å². The van der Waals surface area contributed by atoms with Crippen LogP contribution < -0.4 is 14.5 Å². The second kappa shape index (κ2) is 31.7. The van der Waals surface area contributed by atoms with Crippen molar-refractivity contribution in [2.75, 3.05) is 16.9 Å². The minimum Gasteiger partial charge on any atom is -0.497 e. The summed E-state index contributed by atoms with van der Waals surface area (Å²) in [5, 5.41) is 25.5. The Kier molecular flexibility index (Phi) is 19.3. The Morgan fingerprint density at radius 2 is 0.704 bits per heavy atom. The molecule has 0 aliphatic heterocycles. The first-order valence-electron chi connectivity index (χ1n) is 42.3. The SMILES string of the molecule is CC(C)(C)c1ccc2c(c1)cc(-c1ccc(N(c3ccccc3)c3ccccc3)cc1)c1ccc3c4ccccc4sc3c12.COc1ccc(-c2cc3cccc(-c4cccnc4)c3c3c2ccc2c4ccccc4sc23)cc1.[C-]#[N+]c1ccc2cc(-c3ccc(N(c4ccccc4)c4ccccc4)cc3)c3ccc4c5ccc6ccccc6c5sc4c3c2c1. The Bertz CT molecular complexity index is 8270. The van der Waals surface area contributed by atoms with Crippen molar-refractivity contribution in [3.63, 3.8) is 0 Å². The molecule has 0 N–H and O–H groups in total. The molecule has 0 atom stereocenters. The molecule has 5 nitrogen and oxygen atoms in total. The molecule has 0 radical (unpaired) electrons. The highest BCUT2D eigenvalue weighted by Crippen LogP contribution is 2.52. The third-order valence-corrected chi connectivity index (χ3v) is 28.3. The number of ether oxygens (including phenoxy) is 1. The van der Waals surface area contributed by atoms with Gasteiger partial charge in [-0.15, -0.1) is 34.0 Å². The van der Waals surface area contributed by atoms with Gasteiger partial charge in [-0.25, -0.2) is 4.85 Å². The lowest BCUT2D eigenvalue weighted by molar-refractivity contribution is 0.415. The lowest BCUT2D eigenvalue weighted by atomic mass is 9.84. The molecule has 4 heterocycles. The van der Waals surface area contributed by atoms with Crippen LogP contribution in [0, 0.1) is 6.57 Å². The first-order valence-corrected chi connectivity index (χ1v) is 44.8. The number of benzene rings is 20. The highest BCUT2D eigenvalue weighted by molar-refractivity contribution is 7.28. The van der Waals surface area contributed by atoms with Gasteiger partial charge in [-0.3, -0.25) is 4.98 Å². The predicted molar refractivity (Wildman–Crippen MR) is 541 cm³/mol. The number of hydrogen-bond acceptors (Lipinski definition) is 7. The van der Waals surface area contributed by atoms with Crippen LogP contribution in [0.25, 0.3) is 185 Å². The average molecular weight is 1650 g/mol. The second-order valence-corrected chi connectivity index (χ2v) is 36.1. The molecule has 0 amide bonds. The number of thiophene rings is 3. The Hall–Kier alpha value is -15.1. The van der Waals surface area contributed by atoms with Crippen LogP contribution in [-0.4, -0.2) is 12.1 Å². The van der Waals surface area contributed by atoms with E-state index in [4.69, 9.17) is 11.3 Å². The molecule has 24 rings (SSSR count). The quantitative estimate of drug-likeness (QED) is 0.0954. The highest BCUT2D eigenvalue weighted by atomic mass is 32.1. The molecule has 592 valence electrons. The Morgan fingerprint density at radius 1 is 0.280 bits per heavy atom. The Balaban J connectivity index is 0.000000112. The van der Waals surface area contributed by atoms with Crippen molar-refractivity contribution in [1.29, 1.82) is 0 Å². The van der Waals surface area contributed by atoms with Crippen molar-refractivity contribution < 1.29 is 4.74 Å². The summed E-state index contributed by atoms with van der Waals surface area (Å²) < 4.78 is 13.4. The number of aromatic nitrogens is 1. The fourth-order valence-corrected chi connectivity index (χ4v) is 22.6. The molecule has 8 heteroatoms.